The average Bonchev–Trinajstić information content (AvgIpc) is 2.01. The fraction of sp³-hybridized carbons (Fsp3) is 1.00. The van der Waals surface area contributed by atoms with Crippen molar-refractivity contribution in [2.24, 2.45) is 11.8 Å². The summed E-state index contributed by atoms with van der Waals surface area (Å²) in [5, 5.41) is 0. The van der Waals surface area contributed by atoms with Crippen LogP contribution in [0.4, 0.5) is 0 Å². The zero-order valence-electron chi connectivity index (χ0n) is 9.40. The molecule has 12 heavy (non-hydrogen) atoms. The van der Waals surface area contributed by atoms with Crippen LogP contribution in [-0.4, -0.2) is 0 Å². The first-order valence-electron chi connectivity index (χ1n) is 5.70. The molecule has 0 rings (SSSR count). The van der Waals surface area contributed by atoms with Crippen molar-refractivity contribution < 1.29 is 0 Å². The summed E-state index contributed by atoms with van der Waals surface area (Å²) in [6, 6.07) is 0. The third-order valence-electron chi connectivity index (χ3n) is 2.64. The van der Waals surface area contributed by atoms with Crippen molar-refractivity contribution in [3.05, 3.63) is 0 Å². The molecule has 0 aliphatic carbocycles. The normalized spacial score (nSPS) is 16.0. The molecular formula is C12H26. The maximum Gasteiger partial charge on any atom is -0.0440 e. The topological polar surface area (TPSA) is 0 Å². The van der Waals surface area contributed by atoms with Crippen molar-refractivity contribution >= 4 is 0 Å². The van der Waals surface area contributed by atoms with Gasteiger partial charge in [-0.15, -0.1) is 0 Å². The maximum absolute atomic E-state index is 2.40. The van der Waals surface area contributed by atoms with Gasteiger partial charge in [0.15, 0.2) is 0 Å². The molecule has 0 aliphatic heterocycles. The Balaban J connectivity index is 3.33. The minimum absolute atomic E-state index is 0.946. The Labute approximate surface area is 78.8 Å². The minimum atomic E-state index is 0.946. The summed E-state index contributed by atoms with van der Waals surface area (Å²) in [5.41, 5.74) is 0. The van der Waals surface area contributed by atoms with Gasteiger partial charge in [-0.3, -0.25) is 0 Å². The molecule has 0 saturated heterocycles. The Bertz CT molecular complexity index is 86.0. The molecule has 0 aliphatic rings. The largest absolute Gasteiger partial charge is 0.0654 e. The summed E-state index contributed by atoms with van der Waals surface area (Å²) in [5.74, 6) is 1.90. The molecule has 0 aromatic heterocycles. The Kier molecular flexibility index (Phi) is 7.64. The van der Waals surface area contributed by atoms with Crippen molar-refractivity contribution in [2.45, 2.75) is 66.2 Å². The van der Waals surface area contributed by atoms with Crippen LogP contribution in [0.5, 0.6) is 0 Å². The molecule has 0 heteroatoms. The lowest BCUT2D eigenvalue weighted by atomic mass is 9.91. The lowest BCUT2D eigenvalue weighted by molar-refractivity contribution is 0.368. The highest BCUT2D eigenvalue weighted by molar-refractivity contribution is 4.59. The van der Waals surface area contributed by atoms with Crippen LogP contribution < -0.4 is 0 Å². The smallest absolute Gasteiger partial charge is 0.0440 e. The van der Waals surface area contributed by atoms with Crippen LogP contribution in [0.3, 0.4) is 0 Å². The summed E-state index contributed by atoms with van der Waals surface area (Å²) in [6.07, 6.45) is 8.41. The van der Waals surface area contributed by atoms with E-state index in [4.69, 9.17) is 0 Å². The first-order chi connectivity index (χ1) is 5.70. The van der Waals surface area contributed by atoms with Crippen LogP contribution in [0.25, 0.3) is 0 Å². The van der Waals surface area contributed by atoms with Gasteiger partial charge in [0.05, 0.1) is 0 Å². The second kappa shape index (κ2) is 7.64. The van der Waals surface area contributed by atoms with Crippen LogP contribution in [0.15, 0.2) is 0 Å². The molecule has 0 saturated carbocycles. The summed E-state index contributed by atoms with van der Waals surface area (Å²) >= 11 is 0. The number of hydrogen-bond acceptors (Lipinski definition) is 0. The van der Waals surface area contributed by atoms with Gasteiger partial charge in [0.25, 0.3) is 0 Å². The predicted octanol–water partition coefficient (Wildman–Crippen LogP) is 4.64. The lowest BCUT2D eigenvalue weighted by Gasteiger charge is -2.15. The number of rotatable bonds is 7. The van der Waals surface area contributed by atoms with Gasteiger partial charge in [0.2, 0.25) is 0 Å². The number of hydrogen-bond donors (Lipinski definition) is 0. The van der Waals surface area contributed by atoms with Crippen LogP contribution in [-0.2, 0) is 0 Å². The molecule has 2 atom stereocenters. The second-order valence-corrected chi connectivity index (χ2v) is 4.38. The molecule has 0 fully saturated rings. The SMILES string of the molecule is CCCC[C@H](C)C[C@@H](C)CCC. The molecule has 0 aromatic rings. The fourth-order valence-corrected chi connectivity index (χ4v) is 1.97. The summed E-state index contributed by atoms with van der Waals surface area (Å²) < 4.78 is 0. The Hall–Kier alpha value is 0. The van der Waals surface area contributed by atoms with Gasteiger partial charge in [-0.2, -0.15) is 0 Å². The molecule has 0 amide bonds. The van der Waals surface area contributed by atoms with Crippen molar-refractivity contribution in [1.29, 1.82) is 0 Å². The first-order valence-corrected chi connectivity index (χ1v) is 5.70. The van der Waals surface area contributed by atoms with Crippen molar-refractivity contribution in [3.63, 3.8) is 0 Å². The Morgan fingerprint density at radius 1 is 0.833 bits per heavy atom. The fourth-order valence-electron chi connectivity index (χ4n) is 1.97. The van der Waals surface area contributed by atoms with E-state index in [1.807, 2.05) is 0 Å². The Morgan fingerprint density at radius 2 is 1.42 bits per heavy atom. The zero-order valence-corrected chi connectivity index (χ0v) is 9.40. The molecule has 0 spiro atoms. The van der Waals surface area contributed by atoms with E-state index in [0.717, 1.165) is 11.8 Å². The molecule has 74 valence electrons. The van der Waals surface area contributed by atoms with Gasteiger partial charge in [0, 0.05) is 0 Å². The zero-order chi connectivity index (χ0) is 9.40. The van der Waals surface area contributed by atoms with Crippen LogP contribution in [0.1, 0.15) is 66.2 Å². The first kappa shape index (κ1) is 12.0. The maximum atomic E-state index is 2.40. The van der Waals surface area contributed by atoms with E-state index in [0.29, 0.717) is 0 Å². The van der Waals surface area contributed by atoms with E-state index >= 15 is 0 Å². The van der Waals surface area contributed by atoms with Gasteiger partial charge in [-0.1, -0.05) is 59.8 Å². The van der Waals surface area contributed by atoms with E-state index < -0.39 is 0 Å². The monoisotopic (exact) mass is 170 g/mol. The quantitative estimate of drug-likeness (QED) is 0.522. The predicted molar refractivity (Wildman–Crippen MR) is 57.4 cm³/mol. The molecule has 0 nitrogen and oxygen atoms in total. The lowest BCUT2D eigenvalue weighted by Crippen LogP contribution is -2.02. The Morgan fingerprint density at radius 3 is 1.92 bits per heavy atom. The average molecular weight is 170 g/mol. The third-order valence-corrected chi connectivity index (χ3v) is 2.64. The van der Waals surface area contributed by atoms with E-state index in [1.54, 1.807) is 0 Å². The molecule has 0 bridgehead atoms. The van der Waals surface area contributed by atoms with Crippen LogP contribution in [0.2, 0.25) is 0 Å². The summed E-state index contributed by atoms with van der Waals surface area (Å²) in [6.45, 7) is 9.36. The molecule has 0 heterocycles. The van der Waals surface area contributed by atoms with E-state index in [9.17, 15) is 0 Å². The highest BCUT2D eigenvalue weighted by Gasteiger charge is 2.06. The molecule has 0 N–H and O–H groups in total. The molecular weight excluding hydrogens is 144 g/mol. The van der Waals surface area contributed by atoms with Gasteiger partial charge in [-0.05, 0) is 18.3 Å². The highest BCUT2D eigenvalue weighted by Crippen LogP contribution is 2.20. The van der Waals surface area contributed by atoms with Gasteiger partial charge >= 0.3 is 0 Å². The van der Waals surface area contributed by atoms with Crippen LogP contribution >= 0.6 is 0 Å². The van der Waals surface area contributed by atoms with Crippen molar-refractivity contribution in [1.82, 2.24) is 0 Å². The standard InChI is InChI=1S/C12H26/c1-5-7-9-12(4)10-11(3)8-6-2/h11-12H,5-10H2,1-4H3/t11-,12-/m0/s1. The van der Waals surface area contributed by atoms with Gasteiger partial charge < -0.3 is 0 Å². The van der Waals surface area contributed by atoms with Crippen molar-refractivity contribution in [3.8, 4) is 0 Å². The second-order valence-electron chi connectivity index (χ2n) is 4.38. The summed E-state index contributed by atoms with van der Waals surface area (Å²) in [7, 11) is 0. The van der Waals surface area contributed by atoms with E-state index in [1.165, 1.54) is 38.5 Å². The molecule has 0 aromatic carbocycles. The van der Waals surface area contributed by atoms with E-state index in [-0.39, 0.29) is 0 Å². The molecule has 0 radical (unpaired) electrons. The summed E-state index contributed by atoms with van der Waals surface area (Å²) in [4.78, 5) is 0. The molecule has 0 unspecified atom stereocenters. The van der Waals surface area contributed by atoms with E-state index in [2.05, 4.69) is 27.7 Å². The van der Waals surface area contributed by atoms with Crippen LogP contribution in [0, 0.1) is 11.8 Å². The third kappa shape index (κ3) is 6.69. The van der Waals surface area contributed by atoms with Crippen molar-refractivity contribution in [2.75, 3.05) is 0 Å². The number of unbranched alkanes of at least 4 members (excludes halogenated alkanes) is 1. The minimum Gasteiger partial charge on any atom is -0.0654 e. The van der Waals surface area contributed by atoms with Gasteiger partial charge in [0.1, 0.15) is 0 Å². The van der Waals surface area contributed by atoms with Gasteiger partial charge in [-0.25, -0.2) is 0 Å². The highest BCUT2D eigenvalue weighted by atomic mass is 14.1.